The average Bonchev–Trinajstić information content (AvgIpc) is 2.20. The molecule has 0 amide bonds. The molecule has 0 saturated heterocycles. The van der Waals surface area contributed by atoms with Crippen LogP contribution in [0.1, 0.15) is 12.5 Å². The molecular weight excluding hydrogens is 279 g/mol. The quantitative estimate of drug-likeness (QED) is 0.627. The van der Waals surface area contributed by atoms with E-state index in [-0.39, 0.29) is 5.97 Å². The Morgan fingerprint density at radius 1 is 1.60 bits per heavy atom. The van der Waals surface area contributed by atoms with Gasteiger partial charge in [-0.15, -0.1) is 0 Å². The van der Waals surface area contributed by atoms with Crippen LogP contribution in [-0.4, -0.2) is 12.6 Å². The van der Waals surface area contributed by atoms with Gasteiger partial charge in [0.25, 0.3) is 0 Å². The van der Waals surface area contributed by atoms with Gasteiger partial charge in [-0.1, -0.05) is 17.7 Å². The van der Waals surface area contributed by atoms with Crippen molar-refractivity contribution in [1.82, 2.24) is 0 Å². The van der Waals surface area contributed by atoms with Crippen LogP contribution in [0, 0.1) is 0 Å². The van der Waals surface area contributed by atoms with Crippen LogP contribution in [0.15, 0.2) is 28.7 Å². The third-order valence-electron chi connectivity index (χ3n) is 1.64. The van der Waals surface area contributed by atoms with Crippen LogP contribution in [0.2, 0.25) is 5.02 Å². The highest BCUT2D eigenvalue weighted by Crippen LogP contribution is 2.23. The van der Waals surface area contributed by atoms with E-state index in [0.29, 0.717) is 11.6 Å². The van der Waals surface area contributed by atoms with Gasteiger partial charge in [-0.05, 0) is 46.6 Å². The molecule has 0 aliphatic rings. The number of hydrogen-bond acceptors (Lipinski definition) is 2. The van der Waals surface area contributed by atoms with E-state index in [1.807, 2.05) is 12.1 Å². The monoisotopic (exact) mass is 288 g/mol. The zero-order valence-corrected chi connectivity index (χ0v) is 10.5. The minimum atomic E-state index is -0.350. The van der Waals surface area contributed by atoms with Crippen molar-refractivity contribution in [2.45, 2.75) is 6.92 Å². The molecule has 0 fully saturated rings. The summed E-state index contributed by atoms with van der Waals surface area (Å²) in [5, 5.41) is 0.612. The van der Waals surface area contributed by atoms with Gasteiger partial charge in [-0.3, -0.25) is 0 Å². The summed E-state index contributed by atoms with van der Waals surface area (Å²) in [6.45, 7) is 2.15. The molecular formula is C11H10BrClO2. The van der Waals surface area contributed by atoms with E-state index >= 15 is 0 Å². The lowest BCUT2D eigenvalue weighted by atomic mass is 10.2. The fraction of sp³-hybridized carbons (Fsp3) is 0.182. The first-order chi connectivity index (χ1) is 7.13. The molecule has 80 valence electrons. The Morgan fingerprint density at radius 2 is 2.33 bits per heavy atom. The molecule has 1 aromatic carbocycles. The standard InChI is InChI=1S/C11H10BrClO2/c1-2-15-11(14)6-4-8-3-5-9(12)10(13)7-8/h3-7H,2H2,1H3/b6-4+. The topological polar surface area (TPSA) is 26.3 Å². The van der Waals surface area contributed by atoms with Gasteiger partial charge in [0.05, 0.1) is 11.6 Å². The highest BCUT2D eigenvalue weighted by Gasteiger charge is 1.97. The summed E-state index contributed by atoms with van der Waals surface area (Å²) < 4.78 is 5.58. The van der Waals surface area contributed by atoms with Crippen molar-refractivity contribution in [1.29, 1.82) is 0 Å². The summed E-state index contributed by atoms with van der Waals surface area (Å²) in [6, 6.07) is 5.44. The van der Waals surface area contributed by atoms with Crippen LogP contribution < -0.4 is 0 Å². The van der Waals surface area contributed by atoms with Crippen LogP contribution in [0.5, 0.6) is 0 Å². The third-order valence-corrected chi connectivity index (χ3v) is 2.87. The minimum Gasteiger partial charge on any atom is -0.463 e. The second-order valence-electron chi connectivity index (χ2n) is 2.76. The fourth-order valence-electron chi connectivity index (χ4n) is 0.971. The van der Waals surface area contributed by atoms with Crippen molar-refractivity contribution >= 4 is 39.6 Å². The van der Waals surface area contributed by atoms with Crippen LogP contribution in [0.3, 0.4) is 0 Å². The van der Waals surface area contributed by atoms with Crippen molar-refractivity contribution in [3.63, 3.8) is 0 Å². The van der Waals surface area contributed by atoms with Crippen molar-refractivity contribution in [2.24, 2.45) is 0 Å². The zero-order valence-electron chi connectivity index (χ0n) is 8.17. The third kappa shape index (κ3) is 4.06. The van der Waals surface area contributed by atoms with Crippen LogP contribution in [0.25, 0.3) is 6.08 Å². The summed E-state index contributed by atoms with van der Waals surface area (Å²) in [6.07, 6.45) is 3.04. The van der Waals surface area contributed by atoms with Gasteiger partial charge >= 0.3 is 5.97 Å². The lowest BCUT2D eigenvalue weighted by molar-refractivity contribution is -0.137. The van der Waals surface area contributed by atoms with Gasteiger partial charge in [0.2, 0.25) is 0 Å². The number of halogens is 2. The number of esters is 1. The highest BCUT2D eigenvalue weighted by atomic mass is 79.9. The normalized spacial score (nSPS) is 10.6. The molecule has 0 aromatic heterocycles. The maximum Gasteiger partial charge on any atom is 0.330 e. The molecule has 0 spiro atoms. The smallest absolute Gasteiger partial charge is 0.330 e. The summed E-state index contributed by atoms with van der Waals surface area (Å²) in [7, 11) is 0. The number of hydrogen-bond donors (Lipinski definition) is 0. The van der Waals surface area contributed by atoms with Crippen molar-refractivity contribution in [2.75, 3.05) is 6.61 Å². The maximum atomic E-state index is 11.0. The van der Waals surface area contributed by atoms with E-state index in [2.05, 4.69) is 15.9 Å². The highest BCUT2D eigenvalue weighted by molar-refractivity contribution is 9.10. The van der Waals surface area contributed by atoms with E-state index in [1.165, 1.54) is 6.08 Å². The van der Waals surface area contributed by atoms with Gasteiger partial charge in [0.1, 0.15) is 0 Å². The Kier molecular flexibility index (Phi) is 4.85. The molecule has 0 aliphatic heterocycles. The zero-order chi connectivity index (χ0) is 11.3. The number of rotatable bonds is 3. The van der Waals surface area contributed by atoms with Gasteiger partial charge in [0.15, 0.2) is 0 Å². The number of carbonyl (C=O) groups excluding carboxylic acids is 1. The number of ether oxygens (including phenoxy) is 1. The minimum absolute atomic E-state index is 0.350. The first-order valence-corrected chi connectivity index (χ1v) is 5.60. The Balaban J connectivity index is 2.72. The van der Waals surface area contributed by atoms with Crippen molar-refractivity contribution in [3.05, 3.63) is 39.3 Å². The maximum absolute atomic E-state index is 11.0. The van der Waals surface area contributed by atoms with Crippen LogP contribution in [-0.2, 0) is 9.53 Å². The molecule has 0 radical (unpaired) electrons. The van der Waals surface area contributed by atoms with Gasteiger partial charge < -0.3 is 4.74 Å². The largest absolute Gasteiger partial charge is 0.463 e. The van der Waals surface area contributed by atoms with E-state index < -0.39 is 0 Å². The molecule has 1 aromatic rings. The summed E-state index contributed by atoms with van der Waals surface area (Å²) >= 11 is 9.18. The SMILES string of the molecule is CCOC(=O)/C=C/c1ccc(Br)c(Cl)c1. The molecule has 0 bridgehead atoms. The molecule has 0 saturated carbocycles. The molecule has 2 nitrogen and oxygen atoms in total. The second-order valence-corrected chi connectivity index (χ2v) is 4.02. The van der Waals surface area contributed by atoms with E-state index in [4.69, 9.17) is 16.3 Å². The Morgan fingerprint density at radius 3 is 2.93 bits per heavy atom. The summed E-state index contributed by atoms with van der Waals surface area (Å²) in [4.78, 5) is 11.0. The molecule has 0 atom stereocenters. The average molecular weight is 290 g/mol. The molecule has 15 heavy (non-hydrogen) atoms. The van der Waals surface area contributed by atoms with Crippen LogP contribution >= 0.6 is 27.5 Å². The fourth-order valence-corrected chi connectivity index (χ4v) is 1.41. The van der Waals surface area contributed by atoms with Gasteiger partial charge in [-0.2, -0.15) is 0 Å². The van der Waals surface area contributed by atoms with Crippen molar-refractivity contribution in [3.8, 4) is 0 Å². The molecule has 0 aliphatic carbocycles. The van der Waals surface area contributed by atoms with E-state index in [0.717, 1.165) is 10.0 Å². The van der Waals surface area contributed by atoms with Gasteiger partial charge in [-0.25, -0.2) is 4.79 Å². The molecule has 0 N–H and O–H groups in total. The molecule has 4 heteroatoms. The number of benzene rings is 1. The summed E-state index contributed by atoms with van der Waals surface area (Å²) in [5.74, 6) is -0.350. The summed E-state index contributed by atoms with van der Waals surface area (Å²) in [5.41, 5.74) is 0.858. The lowest BCUT2D eigenvalue weighted by Crippen LogP contribution is -1.98. The molecule has 0 heterocycles. The molecule has 1 rings (SSSR count). The predicted octanol–water partition coefficient (Wildman–Crippen LogP) is 3.68. The second kappa shape index (κ2) is 5.93. The Labute approximate surface area is 102 Å². The van der Waals surface area contributed by atoms with E-state index in [9.17, 15) is 4.79 Å². The Hall–Kier alpha value is -0.800. The number of carbonyl (C=O) groups is 1. The molecule has 0 unspecified atom stereocenters. The Bertz CT molecular complexity index is 388. The van der Waals surface area contributed by atoms with Gasteiger partial charge in [0, 0.05) is 10.5 Å². The predicted molar refractivity (Wildman–Crippen MR) is 64.8 cm³/mol. The lowest BCUT2D eigenvalue weighted by Gasteiger charge is -1.98. The van der Waals surface area contributed by atoms with Crippen LogP contribution in [0.4, 0.5) is 0 Å². The van der Waals surface area contributed by atoms with Crippen molar-refractivity contribution < 1.29 is 9.53 Å². The first kappa shape index (κ1) is 12.3. The first-order valence-electron chi connectivity index (χ1n) is 4.43. The van der Waals surface area contributed by atoms with E-state index in [1.54, 1.807) is 19.1 Å².